The number of nitrogens with zero attached hydrogens (tertiary/aromatic N) is 2. The predicted molar refractivity (Wildman–Crippen MR) is 145 cm³/mol. The van der Waals surface area contributed by atoms with Gasteiger partial charge in [-0.15, -0.1) is 0 Å². The fraction of sp³-hybridized carbons (Fsp3) is 0.467. The Morgan fingerprint density at radius 1 is 1.21 bits per heavy atom. The molecule has 5 rings (SSSR count). The molecule has 1 amide bonds. The van der Waals surface area contributed by atoms with Crippen molar-refractivity contribution in [3.8, 4) is 23.1 Å². The lowest BCUT2D eigenvalue weighted by Gasteiger charge is -2.30. The van der Waals surface area contributed by atoms with E-state index in [1.54, 1.807) is 0 Å². The van der Waals surface area contributed by atoms with Crippen LogP contribution in [0.25, 0.3) is 22.2 Å². The molecule has 2 unspecified atom stereocenters. The maximum Gasteiger partial charge on any atom is 0.411 e. The molecule has 2 fully saturated rings. The Morgan fingerprint density at radius 2 is 1.97 bits per heavy atom. The van der Waals surface area contributed by atoms with Gasteiger partial charge < -0.3 is 23.5 Å². The van der Waals surface area contributed by atoms with Gasteiger partial charge in [0.2, 0.25) is 0 Å². The summed E-state index contributed by atoms with van der Waals surface area (Å²) in [6.45, 7) is 9.23. The van der Waals surface area contributed by atoms with E-state index < -0.39 is 6.09 Å². The van der Waals surface area contributed by atoms with Gasteiger partial charge in [-0.1, -0.05) is 32.9 Å². The highest BCUT2D eigenvalue weighted by atomic mass is 16.7. The second-order valence-electron chi connectivity index (χ2n) is 11.2. The molecule has 3 aromatic rings. The van der Waals surface area contributed by atoms with Crippen molar-refractivity contribution in [3.05, 3.63) is 48.0 Å². The highest BCUT2D eigenvalue weighted by molar-refractivity contribution is 5.96. The molecular formula is C30H35N3O5. The number of rotatable bonds is 7. The van der Waals surface area contributed by atoms with Crippen LogP contribution in [-0.2, 0) is 14.2 Å². The first-order chi connectivity index (χ1) is 18.2. The fourth-order valence-corrected chi connectivity index (χ4v) is 4.65. The van der Waals surface area contributed by atoms with Gasteiger partial charge in [0, 0.05) is 23.2 Å². The second-order valence-corrected chi connectivity index (χ2v) is 11.2. The van der Waals surface area contributed by atoms with Crippen LogP contribution >= 0.6 is 0 Å². The van der Waals surface area contributed by atoms with E-state index >= 15 is 0 Å². The Hall–Kier alpha value is -3.54. The van der Waals surface area contributed by atoms with Crippen LogP contribution in [0.5, 0.6) is 5.75 Å². The highest BCUT2D eigenvalue weighted by Gasteiger charge is 2.28. The molecule has 1 saturated heterocycles. The predicted octanol–water partition coefficient (Wildman–Crippen LogP) is 6.64. The van der Waals surface area contributed by atoms with Gasteiger partial charge in [0.25, 0.3) is 0 Å². The number of carbonyl (C=O) groups excluding carboxylic acids is 1. The van der Waals surface area contributed by atoms with Gasteiger partial charge in [-0.05, 0) is 61.4 Å². The minimum absolute atomic E-state index is 0.0737. The molecule has 0 bridgehead atoms. The lowest BCUT2D eigenvalue weighted by atomic mass is 9.90. The summed E-state index contributed by atoms with van der Waals surface area (Å²) in [7, 11) is 0. The van der Waals surface area contributed by atoms with Gasteiger partial charge in [0.05, 0.1) is 23.4 Å². The molecule has 200 valence electrons. The lowest BCUT2D eigenvalue weighted by molar-refractivity contribution is 0.0320. The summed E-state index contributed by atoms with van der Waals surface area (Å²) < 4.78 is 24.6. The summed E-state index contributed by atoms with van der Waals surface area (Å²) in [5.41, 5.74) is 3.94. The molecule has 0 radical (unpaired) electrons. The molecule has 1 aromatic heterocycles. The SMILES string of the molecule is CC(OC(=O)Nc1ccc(-c2c(C#N)c3ccc(OCC4COCO4)cc3n2C2CCC2)cc1)C(C)(C)C. The summed E-state index contributed by atoms with van der Waals surface area (Å²) in [6, 6.07) is 16.3. The lowest BCUT2D eigenvalue weighted by Crippen LogP contribution is -2.30. The Labute approximate surface area is 223 Å². The number of amides is 1. The number of hydrogen-bond acceptors (Lipinski definition) is 6. The molecule has 1 saturated carbocycles. The number of nitriles is 1. The number of anilines is 1. The van der Waals surface area contributed by atoms with Crippen molar-refractivity contribution in [3.63, 3.8) is 0 Å². The van der Waals surface area contributed by atoms with Gasteiger partial charge in [-0.2, -0.15) is 5.26 Å². The van der Waals surface area contributed by atoms with Gasteiger partial charge in [0.15, 0.2) is 0 Å². The Morgan fingerprint density at radius 3 is 2.58 bits per heavy atom. The monoisotopic (exact) mass is 517 g/mol. The van der Waals surface area contributed by atoms with Crippen LogP contribution in [0.4, 0.5) is 10.5 Å². The zero-order valence-electron chi connectivity index (χ0n) is 22.5. The first-order valence-electron chi connectivity index (χ1n) is 13.2. The Bertz CT molecular complexity index is 1340. The molecule has 38 heavy (non-hydrogen) atoms. The van der Waals surface area contributed by atoms with Crippen LogP contribution in [0.2, 0.25) is 0 Å². The quantitative estimate of drug-likeness (QED) is 0.378. The molecule has 8 heteroatoms. The average molecular weight is 518 g/mol. The van der Waals surface area contributed by atoms with E-state index in [-0.39, 0.29) is 17.6 Å². The maximum absolute atomic E-state index is 12.4. The van der Waals surface area contributed by atoms with Crippen molar-refractivity contribution >= 4 is 22.7 Å². The molecule has 1 aliphatic carbocycles. The number of aromatic nitrogens is 1. The number of fused-ring (bicyclic) bond motifs is 1. The van der Waals surface area contributed by atoms with Crippen molar-refractivity contribution in [1.29, 1.82) is 5.26 Å². The third kappa shape index (κ3) is 5.35. The molecule has 2 heterocycles. The highest BCUT2D eigenvalue weighted by Crippen LogP contribution is 2.43. The minimum Gasteiger partial charge on any atom is -0.491 e. The summed E-state index contributed by atoms with van der Waals surface area (Å²) >= 11 is 0. The smallest absolute Gasteiger partial charge is 0.411 e. The first kappa shape index (κ1) is 26.1. The molecule has 8 nitrogen and oxygen atoms in total. The van der Waals surface area contributed by atoms with E-state index in [1.165, 1.54) is 6.42 Å². The number of hydrogen-bond donors (Lipinski definition) is 1. The van der Waals surface area contributed by atoms with E-state index in [0.717, 1.165) is 40.8 Å². The van der Waals surface area contributed by atoms with Crippen molar-refractivity contribution < 1.29 is 23.7 Å². The zero-order chi connectivity index (χ0) is 26.9. The number of ether oxygens (including phenoxy) is 4. The van der Waals surface area contributed by atoms with Crippen LogP contribution in [-0.4, -0.2) is 42.9 Å². The summed E-state index contributed by atoms with van der Waals surface area (Å²) in [6.07, 6.45) is 2.51. The topological polar surface area (TPSA) is 94.7 Å². The maximum atomic E-state index is 12.4. The van der Waals surface area contributed by atoms with Crippen LogP contribution in [0.3, 0.4) is 0 Å². The average Bonchev–Trinajstić information content (AvgIpc) is 3.48. The van der Waals surface area contributed by atoms with Crippen LogP contribution < -0.4 is 10.1 Å². The van der Waals surface area contributed by atoms with Crippen molar-refractivity contribution in [2.75, 3.05) is 25.3 Å². The standard InChI is InChI=1S/C30H35N3O5/c1-19(30(2,3)4)38-29(34)32-21-10-8-20(9-11-21)28-26(15-31)25-13-12-23(36-17-24-16-35-18-37-24)14-27(25)33(28)22-6-5-7-22/h8-14,19,22,24H,5-7,16-18H2,1-4H3,(H,32,34). The molecule has 1 N–H and O–H groups in total. The molecule has 0 spiro atoms. The van der Waals surface area contributed by atoms with Crippen LogP contribution in [0.15, 0.2) is 42.5 Å². The number of carbonyl (C=O) groups is 1. The fourth-order valence-electron chi connectivity index (χ4n) is 4.65. The van der Waals surface area contributed by atoms with Gasteiger partial charge in [-0.3, -0.25) is 5.32 Å². The molecule has 2 aromatic carbocycles. The minimum atomic E-state index is -0.483. The van der Waals surface area contributed by atoms with E-state index in [4.69, 9.17) is 18.9 Å². The Kier molecular flexibility index (Phi) is 7.33. The second kappa shape index (κ2) is 10.7. The van der Waals surface area contributed by atoms with Gasteiger partial charge >= 0.3 is 6.09 Å². The number of nitrogens with one attached hydrogen (secondary N) is 1. The Balaban J connectivity index is 1.43. The van der Waals surface area contributed by atoms with Crippen LogP contribution in [0, 0.1) is 16.7 Å². The third-order valence-corrected chi connectivity index (χ3v) is 7.56. The largest absolute Gasteiger partial charge is 0.491 e. The van der Waals surface area contributed by atoms with E-state index in [2.05, 4.69) is 16.0 Å². The molecule has 1 aliphatic heterocycles. The third-order valence-electron chi connectivity index (χ3n) is 7.56. The summed E-state index contributed by atoms with van der Waals surface area (Å²) in [5, 5.41) is 13.9. The van der Waals surface area contributed by atoms with E-state index in [0.29, 0.717) is 37.3 Å². The normalized spacial score (nSPS) is 18.6. The van der Waals surface area contributed by atoms with Crippen molar-refractivity contribution in [2.24, 2.45) is 5.41 Å². The van der Waals surface area contributed by atoms with Gasteiger partial charge in [0.1, 0.15) is 37.4 Å². The molecule has 2 atom stereocenters. The van der Waals surface area contributed by atoms with E-state index in [1.807, 2.05) is 70.2 Å². The molecular weight excluding hydrogens is 482 g/mol. The molecule has 2 aliphatic rings. The van der Waals surface area contributed by atoms with Gasteiger partial charge in [-0.25, -0.2) is 4.79 Å². The van der Waals surface area contributed by atoms with E-state index in [9.17, 15) is 10.1 Å². The number of benzene rings is 2. The summed E-state index contributed by atoms with van der Waals surface area (Å²) in [5.74, 6) is 0.740. The zero-order valence-corrected chi connectivity index (χ0v) is 22.5. The van der Waals surface area contributed by atoms with Crippen molar-refractivity contribution in [1.82, 2.24) is 4.57 Å². The van der Waals surface area contributed by atoms with Crippen LogP contribution in [0.1, 0.15) is 58.6 Å². The summed E-state index contributed by atoms with van der Waals surface area (Å²) in [4.78, 5) is 12.4. The first-order valence-corrected chi connectivity index (χ1v) is 13.2. The van der Waals surface area contributed by atoms with Crippen molar-refractivity contribution in [2.45, 2.75) is 65.2 Å².